The van der Waals surface area contributed by atoms with Crippen LogP contribution in [0, 0.1) is 0 Å². The van der Waals surface area contributed by atoms with Gasteiger partial charge in [0.05, 0.1) is 4.90 Å². The van der Waals surface area contributed by atoms with Gasteiger partial charge in [-0.3, -0.25) is 0 Å². The van der Waals surface area contributed by atoms with Crippen LogP contribution >= 0.6 is 0 Å². The van der Waals surface area contributed by atoms with E-state index in [2.05, 4.69) is 5.32 Å². The first-order chi connectivity index (χ1) is 10.1. The number of nitrogens with one attached hydrogen (secondary N) is 1. The summed E-state index contributed by atoms with van der Waals surface area (Å²) in [5.74, 6) is 0. The van der Waals surface area contributed by atoms with Gasteiger partial charge in [0.1, 0.15) is 0 Å². The van der Waals surface area contributed by atoms with E-state index in [0.717, 1.165) is 56.3 Å². The van der Waals surface area contributed by atoms with Crippen LogP contribution in [-0.4, -0.2) is 32.4 Å². The number of sulfonamides is 1. The molecule has 0 amide bonds. The van der Waals surface area contributed by atoms with Crippen molar-refractivity contribution in [3.63, 3.8) is 0 Å². The highest BCUT2D eigenvalue weighted by Crippen LogP contribution is 2.32. The van der Waals surface area contributed by atoms with Crippen molar-refractivity contribution in [2.24, 2.45) is 0 Å². The van der Waals surface area contributed by atoms with Gasteiger partial charge >= 0.3 is 0 Å². The fraction of sp³-hybridized carbons (Fsp3) is 0.625. The summed E-state index contributed by atoms with van der Waals surface area (Å²) in [5, 5.41) is 3.31. The normalized spacial score (nSPS) is 20.1. The minimum Gasteiger partial charge on any atom is -0.385 e. The molecule has 1 aromatic carbocycles. The molecule has 0 radical (unpaired) electrons. The molecule has 5 heteroatoms. The molecule has 0 spiro atoms. The van der Waals surface area contributed by atoms with E-state index in [0.29, 0.717) is 4.90 Å². The van der Waals surface area contributed by atoms with Crippen LogP contribution in [0.15, 0.2) is 23.1 Å². The molecule has 0 aromatic heterocycles. The van der Waals surface area contributed by atoms with Crippen LogP contribution in [0.1, 0.15) is 44.1 Å². The van der Waals surface area contributed by atoms with E-state index in [1.165, 1.54) is 6.42 Å². The minimum atomic E-state index is -3.39. The Bertz CT molecular complexity index is 607. The number of anilines is 1. The molecule has 1 heterocycles. The zero-order valence-electron chi connectivity index (χ0n) is 12.6. The van der Waals surface area contributed by atoms with Crippen molar-refractivity contribution in [2.45, 2.75) is 55.9 Å². The average molecular weight is 308 g/mol. The number of hydrogen-bond donors (Lipinski definition) is 1. The maximum atomic E-state index is 13.0. The number of fused-ring (bicyclic) bond motifs is 1. The van der Waals surface area contributed by atoms with Crippen LogP contribution in [0.5, 0.6) is 0 Å². The SMILES string of the molecule is CN(C1CCCCC1)S(=O)(=O)c1cccc2c1CCCN2. The summed E-state index contributed by atoms with van der Waals surface area (Å²) in [5.41, 5.74) is 1.95. The average Bonchev–Trinajstić information content (AvgIpc) is 2.54. The second-order valence-corrected chi connectivity index (χ2v) is 8.09. The summed E-state index contributed by atoms with van der Waals surface area (Å²) in [6.07, 6.45) is 7.32. The summed E-state index contributed by atoms with van der Waals surface area (Å²) < 4.78 is 27.6. The van der Waals surface area contributed by atoms with Gasteiger partial charge in [0, 0.05) is 25.3 Å². The number of nitrogens with zero attached hydrogens (tertiary/aromatic N) is 1. The number of hydrogen-bond acceptors (Lipinski definition) is 3. The quantitative estimate of drug-likeness (QED) is 0.934. The van der Waals surface area contributed by atoms with Crippen LogP contribution in [0.4, 0.5) is 5.69 Å². The van der Waals surface area contributed by atoms with Crippen molar-refractivity contribution in [3.8, 4) is 0 Å². The molecule has 116 valence electrons. The van der Waals surface area contributed by atoms with Gasteiger partial charge in [-0.2, -0.15) is 4.31 Å². The largest absolute Gasteiger partial charge is 0.385 e. The van der Waals surface area contributed by atoms with Crippen molar-refractivity contribution < 1.29 is 8.42 Å². The number of benzene rings is 1. The lowest BCUT2D eigenvalue weighted by Gasteiger charge is -2.31. The molecule has 3 rings (SSSR count). The molecule has 2 aliphatic rings. The Kier molecular flexibility index (Phi) is 4.22. The first-order valence-corrected chi connectivity index (χ1v) is 9.38. The topological polar surface area (TPSA) is 49.4 Å². The Morgan fingerprint density at radius 3 is 2.67 bits per heavy atom. The molecule has 21 heavy (non-hydrogen) atoms. The van der Waals surface area contributed by atoms with E-state index in [1.54, 1.807) is 17.4 Å². The summed E-state index contributed by atoms with van der Waals surface area (Å²) in [4.78, 5) is 0.500. The van der Waals surface area contributed by atoms with Crippen molar-refractivity contribution in [3.05, 3.63) is 23.8 Å². The Labute approximate surface area is 127 Å². The van der Waals surface area contributed by atoms with E-state index in [1.807, 2.05) is 12.1 Å². The highest BCUT2D eigenvalue weighted by Gasteiger charge is 2.31. The Balaban J connectivity index is 1.94. The van der Waals surface area contributed by atoms with Gasteiger partial charge in [-0.15, -0.1) is 0 Å². The van der Waals surface area contributed by atoms with Crippen LogP contribution in [0.3, 0.4) is 0 Å². The smallest absolute Gasteiger partial charge is 0.243 e. The van der Waals surface area contributed by atoms with Gasteiger partial charge in [-0.05, 0) is 43.4 Å². The van der Waals surface area contributed by atoms with Crippen LogP contribution < -0.4 is 5.32 Å². The lowest BCUT2D eigenvalue weighted by Crippen LogP contribution is -2.38. The monoisotopic (exact) mass is 308 g/mol. The minimum absolute atomic E-state index is 0.163. The van der Waals surface area contributed by atoms with Crippen molar-refractivity contribution in [1.82, 2.24) is 4.31 Å². The van der Waals surface area contributed by atoms with E-state index >= 15 is 0 Å². The van der Waals surface area contributed by atoms with Gasteiger partial charge in [0.15, 0.2) is 0 Å². The second kappa shape index (κ2) is 5.97. The highest BCUT2D eigenvalue weighted by molar-refractivity contribution is 7.89. The van der Waals surface area contributed by atoms with Gasteiger partial charge in [-0.25, -0.2) is 8.42 Å². The summed E-state index contributed by atoms with van der Waals surface area (Å²) in [6, 6.07) is 5.75. The lowest BCUT2D eigenvalue weighted by molar-refractivity contribution is 0.285. The van der Waals surface area contributed by atoms with Crippen molar-refractivity contribution in [2.75, 3.05) is 18.9 Å². The fourth-order valence-electron chi connectivity index (χ4n) is 3.52. The third-order valence-electron chi connectivity index (χ3n) is 4.80. The molecule has 0 unspecified atom stereocenters. The summed E-state index contributed by atoms with van der Waals surface area (Å²) in [6.45, 7) is 0.926. The lowest BCUT2D eigenvalue weighted by atomic mass is 9.96. The molecule has 0 atom stereocenters. The van der Waals surface area contributed by atoms with E-state index in [4.69, 9.17) is 0 Å². The van der Waals surface area contributed by atoms with Crippen molar-refractivity contribution in [1.29, 1.82) is 0 Å². The summed E-state index contributed by atoms with van der Waals surface area (Å²) >= 11 is 0. The molecule has 1 fully saturated rings. The molecule has 1 N–H and O–H groups in total. The standard InChI is InChI=1S/C16H24N2O2S/c1-18(13-7-3-2-4-8-13)21(19,20)16-11-5-10-15-14(16)9-6-12-17-15/h5,10-11,13,17H,2-4,6-9,12H2,1H3. The molecule has 0 bridgehead atoms. The highest BCUT2D eigenvalue weighted by atomic mass is 32.2. The molecule has 4 nitrogen and oxygen atoms in total. The Hall–Kier alpha value is -1.07. The van der Waals surface area contributed by atoms with E-state index in [-0.39, 0.29) is 6.04 Å². The maximum absolute atomic E-state index is 13.0. The number of rotatable bonds is 3. The molecule has 1 saturated carbocycles. The van der Waals surface area contributed by atoms with Crippen LogP contribution in [0.2, 0.25) is 0 Å². The molecule has 1 aliphatic heterocycles. The molecule has 1 aliphatic carbocycles. The molecule has 1 aromatic rings. The van der Waals surface area contributed by atoms with Crippen LogP contribution in [-0.2, 0) is 16.4 Å². The fourth-order valence-corrected chi connectivity index (χ4v) is 5.20. The summed E-state index contributed by atoms with van der Waals surface area (Å²) in [7, 11) is -1.64. The Morgan fingerprint density at radius 1 is 1.14 bits per heavy atom. The van der Waals surface area contributed by atoms with Crippen molar-refractivity contribution >= 4 is 15.7 Å². The third-order valence-corrected chi connectivity index (χ3v) is 6.79. The molecular weight excluding hydrogens is 284 g/mol. The predicted molar refractivity (Wildman–Crippen MR) is 85.1 cm³/mol. The Morgan fingerprint density at radius 2 is 1.90 bits per heavy atom. The predicted octanol–water partition coefficient (Wildman–Crippen LogP) is 3.00. The van der Waals surface area contributed by atoms with Gasteiger partial charge in [-0.1, -0.05) is 25.3 Å². The zero-order chi connectivity index (χ0) is 14.9. The first kappa shape index (κ1) is 14.9. The first-order valence-electron chi connectivity index (χ1n) is 7.94. The third kappa shape index (κ3) is 2.81. The maximum Gasteiger partial charge on any atom is 0.243 e. The zero-order valence-corrected chi connectivity index (χ0v) is 13.5. The molecular formula is C16H24N2O2S. The van der Waals surface area contributed by atoms with Gasteiger partial charge in [0.25, 0.3) is 0 Å². The van der Waals surface area contributed by atoms with Gasteiger partial charge < -0.3 is 5.32 Å². The molecule has 0 saturated heterocycles. The van der Waals surface area contributed by atoms with Crippen LogP contribution in [0.25, 0.3) is 0 Å². The van der Waals surface area contributed by atoms with E-state index < -0.39 is 10.0 Å². The van der Waals surface area contributed by atoms with E-state index in [9.17, 15) is 8.42 Å². The second-order valence-electron chi connectivity index (χ2n) is 6.13. The van der Waals surface area contributed by atoms with Gasteiger partial charge in [0.2, 0.25) is 10.0 Å².